The quantitative estimate of drug-likeness (QED) is 0.386. The van der Waals surface area contributed by atoms with Gasteiger partial charge >= 0.3 is 12.1 Å². The number of alkyl halides is 3. The minimum atomic E-state index is -4.45. The molecule has 0 spiro atoms. The first-order valence-electron chi connectivity index (χ1n) is 8.22. The maximum absolute atomic E-state index is 12.7. The highest BCUT2D eigenvalue weighted by Gasteiger charge is 2.42. The van der Waals surface area contributed by atoms with Crippen LogP contribution in [0.2, 0.25) is 0 Å². The van der Waals surface area contributed by atoms with E-state index in [9.17, 15) is 31.2 Å². The monoisotopic (exact) mass is 445 g/mol. The summed E-state index contributed by atoms with van der Waals surface area (Å²) in [6.07, 6.45) is -4.45. The topological polar surface area (TPSA) is 80.8 Å². The molecule has 0 aromatic heterocycles. The summed E-state index contributed by atoms with van der Waals surface area (Å²) < 4.78 is 68.2. The highest BCUT2D eigenvalue weighted by molar-refractivity contribution is 7.99. The summed E-state index contributed by atoms with van der Waals surface area (Å²) in [5.41, 5.74) is -0.794. The molecule has 2 aromatic rings. The molecule has 0 saturated heterocycles. The van der Waals surface area contributed by atoms with Crippen molar-refractivity contribution in [1.82, 2.24) is 4.31 Å². The van der Waals surface area contributed by atoms with Crippen LogP contribution in [0.5, 0.6) is 0 Å². The Bertz CT molecular complexity index is 1050. The molecule has 0 unspecified atom stereocenters. The fourth-order valence-electron chi connectivity index (χ4n) is 2.63. The van der Waals surface area contributed by atoms with Crippen molar-refractivity contribution in [3.8, 4) is 0 Å². The Hall–Kier alpha value is -2.53. The number of rotatable bonds is 6. The van der Waals surface area contributed by atoms with Gasteiger partial charge in [-0.3, -0.25) is 9.59 Å². The molecule has 11 heteroatoms. The van der Waals surface area contributed by atoms with Crippen molar-refractivity contribution in [2.24, 2.45) is 0 Å². The first kappa shape index (κ1) is 21.2. The Morgan fingerprint density at radius 3 is 2.52 bits per heavy atom. The Balaban J connectivity index is 1.52. The number of hydrogen-bond acceptors (Lipinski definition) is 6. The van der Waals surface area contributed by atoms with Crippen molar-refractivity contribution in [2.45, 2.75) is 16.0 Å². The number of thioether (sulfide) groups is 1. The van der Waals surface area contributed by atoms with E-state index in [0.29, 0.717) is 9.20 Å². The zero-order valence-corrected chi connectivity index (χ0v) is 16.3. The number of halogens is 3. The van der Waals surface area contributed by atoms with Gasteiger partial charge < -0.3 is 4.74 Å². The number of nitrogens with zero attached hydrogens (tertiary/aromatic N) is 1. The zero-order chi connectivity index (χ0) is 21.2. The molecule has 0 aliphatic carbocycles. The van der Waals surface area contributed by atoms with Crippen molar-refractivity contribution in [3.63, 3.8) is 0 Å². The minimum absolute atomic E-state index is 0.0135. The number of carbonyl (C=O) groups is 2. The third-order valence-corrected chi connectivity index (χ3v) is 6.71. The van der Waals surface area contributed by atoms with E-state index in [1.165, 1.54) is 36.4 Å². The van der Waals surface area contributed by atoms with E-state index in [2.05, 4.69) is 0 Å². The molecule has 1 amide bonds. The largest absolute Gasteiger partial charge is 0.463 e. The van der Waals surface area contributed by atoms with Crippen LogP contribution in [0.1, 0.15) is 15.9 Å². The number of ether oxygens (including phenoxy) is 1. The molecule has 3 rings (SSSR count). The van der Waals surface area contributed by atoms with Crippen LogP contribution in [-0.2, 0) is 25.7 Å². The van der Waals surface area contributed by atoms with Crippen molar-refractivity contribution < 1.29 is 35.9 Å². The van der Waals surface area contributed by atoms with Gasteiger partial charge in [0.1, 0.15) is 18.0 Å². The fourth-order valence-corrected chi connectivity index (χ4v) is 4.93. The fraction of sp³-hybridized carbons (Fsp3) is 0.222. The summed E-state index contributed by atoms with van der Waals surface area (Å²) in [6, 6.07) is 10.3. The second-order valence-corrected chi connectivity index (χ2v) is 8.91. The van der Waals surface area contributed by atoms with Gasteiger partial charge in [-0.2, -0.15) is 13.2 Å². The van der Waals surface area contributed by atoms with Crippen molar-refractivity contribution in [1.29, 1.82) is 0 Å². The Morgan fingerprint density at radius 2 is 1.83 bits per heavy atom. The third-order valence-electron chi connectivity index (χ3n) is 3.96. The lowest BCUT2D eigenvalue weighted by Crippen LogP contribution is -2.36. The lowest BCUT2D eigenvalue weighted by Gasteiger charge is -2.14. The molecule has 0 fully saturated rings. The standard InChI is InChI=1S/C18H14F3NO5S2/c19-18(20,21)12-4-3-5-13(10-12)28-9-8-27-16(23)11-22-17(24)14-6-1-2-7-15(14)29(22,25)26/h1-7,10H,8-9,11H2. The smallest absolute Gasteiger partial charge is 0.416 e. The van der Waals surface area contributed by atoms with Gasteiger partial charge in [0, 0.05) is 10.6 Å². The van der Waals surface area contributed by atoms with E-state index < -0.39 is 40.2 Å². The van der Waals surface area contributed by atoms with Gasteiger partial charge in [-0.15, -0.1) is 11.8 Å². The number of fused-ring (bicyclic) bond motifs is 1. The number of esters is 1. The van der Waals surface area contributed by atoms with Crippen LogP contribution >= 0.6 is 11.8 Å². The van der Waals surface area contributed by atoms with Crippen LogP contribution in [0.15, 0.2) is 58.3 Å². The predicted molar refractivity (Wildman–Crippen MR) is 97.8 cm³/mol. The minimum Gasteiger partial charge on any atom is -0.463 e. The number of carbonyl (C=O) groups excluding carboxylic acids is 2. The molecule has 0 N–H and O–H groups in total. The molecular formula is C18H14F3NO5S2. The summed E-state index contributed by atoms with van der Waals surface area (Å²) in [7, 11) is -4.11. The number of hydrogen-bond donors (Lipinski definition) is 0. The van der Waals surface area contributed by atoms with E-state index >= 15 is 0 Å². The average Bonchev–Trinajstić information content (AvgIpc) is 2.86. The lowest BCUT2D eigenvalue weighted by atomic mass is 10.2. The molecule has 0 bridgehead atoms. The molecule has 1 aliphatic rings. The molecule has 1 heterocycles. The first-order chi connectivity index (χ1) is 13.6. The molecule has 0 saturated carbocycles. The maximum atomic E-state index is 12.7. The van der Waals surface area contributed by atoms with Crippen molar-refractivity contribution in [3.05, 3.63) is 59.7 Å². The number of amides is 1. The van der Waals surface area contributed by atoms with E-state index in [1.807, 2.05) is 0 Å². The van der Waals surface area contributed by atoms with Crippen LogP contribution in [0.25, 0.3) is 0 Å². The molecule has 0 radical (unpaired) electrons. The number of benzene rings is 2. The van der Waals surface area contributed by atoms with E-state index in [1.54, 1.807) is 0 Å². The zero-order valence-electron chi connectivity index (χ0n) is 14.7. The van der Waals surface area contributed by atoms with E-state index in [4.69, 9.17) is 4.74 Å². The van der Waals surface area contributed by atoms with Crippen LogP contribution in [-0.4, -0.2) is 43.5 Å². The van der Waals surface area contributed by atoms with Gasteiger partial charge in [-0.25, -0.2) is 12.7 Å². The van der Waals surface area contributed by atoms with Gasteiger partial charge in [0.05, 0.1) is 11.1 Å². The van der Waals surface area contributed by atoms with Gasteiger partial charge in [0.15, 0.2) is 0 Å². The van der Waals surface area contributed by atoms with Crippen LogP contribution in [0.4, 0.5) is 13.2 Å². The van der Waals surface area contributed by atoms with Crippen LogP contribution < -0.4 is 0 Å². The third kappa shape index (κ3) is 4.56. The van der Waals surface area contributed by atoms with Crippen LogP contribution in [0.3, 0.4) is 0 Å². The van der Waals surface area contributed by atoms with Gasteiger partial charge in [-0.05, 0) is 30.3 Å². The molecular weight excluding hydrogens is 431 g/mol. The summed E-state index contributed by atoms with van der Waals surface area (Å²) in [6.45, 7) is -0.932. The van der Waals surface area contributed by atoms with Crippen molar-refractivity contribution >= 4 is 33.7 Å². The second-order valence-electron chi connectivity index (χ2n) is 5.91. The SMILES string of the molecule is O=C(CN1C(=O)c2ccccc2S1(=O)=O)OCCSc1cccc(C(F)(F)F)c1. The van der Waals surface area contributed by atoms with Gasteiger partial charge in [-0.1, -0.05) is 18.2 Å². The molecule has 2 aromatic carbocycles. The molecule has 154 valence electrons. The molecule has 29 heavy (non-hydrogen) atoms. The summed E-state index contributed by atoms with van der Waals surface area (Å²) >= 11 is 1.05. The highest BCUT2D eigenvalue weighted by Crippen LogP contribution is 2.32. The van der Waals surface area contributed by atoms with E-state index in [-0.39, 0.29) is 22.8 Å². The summed E-state index contributed by atoms with van der Waals surface area (Å²) in [5, 5.41) is 0. The Labute approximate surface area is 168 Å². The predicted octanol–water partition coefficient (Wildman–Crippen LogP) is 3.19. The van der Waals surface area contributed by atoms with Gasteiger partial charge in [0.2, 0.25) is 0 Å². The van der Waals surface area contributed by atoms with Crippen LogP contribution in [0, 0.1) is 0 Å². The highest BCUT2D eigenvalue weighted by atomic mass is 32.2. The molecule has 6 nitrogen and oxygen atoms in total. The normalized spacial score (nSPS) is 15.3. The Morgan fingerprint density at radius 1 is 1.10 bits per heavy atom. The summed E-state index contributed by atoms with van der Waals surface area (Å²) in [4.78, 5) is 24.3. The van der Waals surface area contributed by atoms with Gasteiger partial charge in [0.25, 0.3) is 15.9 Å². The molecule has 0 atom stereocenters. The van der Waals surface area contributed by atoms with E-state index in [0.717, 1.165) is 23.9 Å². The maximum Gasteiger partial charge on any atom is 0.416 e. The second kappa shape index (κ2) is 8.07. The first-order valence-corrected chi connectivity index (χ1v) is 10.6. The molecule has 1 aliphatic heterocycles. The lowest BCUT2D eigenvalue weighted by molar-refractivity contribution is -0.142. The summed E-state index contributed by atoms with van der Waals surface area (Å²) in [5.74, 6) is -1.58. The average molecular weight is 445 g/mol. The number of sulfonamides is 1. The van der Waals surface area contributed by atoms with Crippen molar-refractivity contribution in [2.75, 3.05) is 18.9 Å². The Kier molecular flexibility index (Phi) is 5.90.